The SMILES string of the molecule is C=C(CC(F)C(F)(F)C(F)(F)C(F)(F)CF)C(=O)O. The van der Waals surface area contributed by atoms with Gasteiger partial charge in [0.15, 0.2) is 12.8 Å². The molecule has 0 fully saturated rings. The van der Waals surface area contributed by atoms with Crippen LogP contribution in [-0.4, -0.2) is 41.7 Å². The lowest BCUT2D eigenvalue weighted by atomic mass is 9.97. The first-order chi connectivity index (χ1) is 8.31. The molecular formula is C9H8F8O2. The third-order valence-electron chi connectivity index (χ3n) is 2.17. The summed E-state index contributed by atoms with van der Waals surface area (Å²) in [6, 6.07) is 0. The molecule has 0 rings (SSSR count). The summed E-state index contributed by atoms with van der Waals surface area (Å²) in [5, 5.41) is 8.20. The summed E-state index contributed by atoms with van der Waals surface area (Å²) in [6.45, 7) is -0.530. The predicted octanol–water partition coefficient (Wildman–Crippen LogP) is 3.23. The lowest BCUT2D eigenvalue weighted by Crippen LogP contribution is -2.59. The van der Waals surface area contributed by atoms with Gasteiger partial charge in [-0.25, -0.2) is 13.6 Å². The van der Waals surface area contributed by atoms with E-state index in [0.717, 1.165) is 0 Å². The van der Waals surface area contributed by atoms with Gasteiger partial charge in [0, 0.05) is 12.0 Å². The monoisotopic (exact) mass is 300 g/mol. The van der Waals surface area contributed by atoms with E-state index in [1.807, 2.05) is 0 Å². The van der Waals surface area contributed by atoms with E-state index < -0.39 is 48.6 Å². The molecule has 1 unspecified atom stereocenters. The third-order valence-corrected chi connectivity index (χ3v) is 2.17. The molecule has 0 aliphatic heterocycles. The third kappa shape index (κ3) is 3.16. The van der Waals surface area contributed by atoms with Crippen LogP contribution >= 0.6 is 0 Å². The van der Waals surface area contributed by atoms with Gasteiger partial charge in [-0.05, 0) is 0 Å². The van der Waals surface area contributed by atoms with Gasteiger partial charge in [0.1, 0.15) is 0 Å². The van der Waals surface area contributed by atoms with Gasteiger partial charge in [0.25, 0.3) is 0 Å². The number of hydrogen-bond donors (Lipinski definition) is 1. The van der Waals surface area contributed by atoms with Crippen molar-refractivity contribution >= 4 is 5.97 Å². The van der Waals surface area contributed by atoms with E-state index >= 15 is 0 Å². The van der Waals surface area contributed by atoms with Crippen molar-refractivity contribution in [2.75, 3.05) is 6.67 Å². The van der Waals surface area contributed by atoms with Crippen LogP contribution in [0.15, 0.2) is 12.2 Å². The number of alkyl halides is 8. The Bertz CT molecular complexity index is 365. The molecule has 1 N–H and O–H groups in total. The molecule has 0 aromatic carbocycles. The molecule has 0 saturated heterocycles. The summed E-state index contributed by atoms with van der Waals surface area (Å²) < 4.78 is 101. The van der Waals surface area contributed by atoms with Gasteiger partial charge in [0.05, 0.1) is 0 Å². The number of halogens is 8. The number of aliphatic carboxylic acids is 1. The predicted molar refractivity (Wildman–Crippen MR) is 47.1 cm³/mol. The lowest BCUT2D eigenvalue weighted by molar-refractivity contribution is -0.327. The number of carbonyl (C=O) groups is 1. The molecule has 10 heteroatoms. The highest BCUT2D eigenvalue weighted by Gasteiger charge is 2.74. The van der Waals surface area contributed by atoms with E-state index in [9.17, 15) is 39.9 Å². The van der Waals surface area contributed by atoms with E-state index in [1.165, 1.54) is 0 Å². The number of rotatable bonds is 7. The molecule has 0 aromatic rings. The normalized spacial score (nSPS) is 15.2. The Labute approximate surface area is 101 Å². The van der Waals surface area contributed by atoms with Crippen LogP contribution in [-0.2, 0) is 4.79 Å². The molecule has 0 heterocycles. The van der Waals surface area contributed by atoms with Crippen molar-refractivity contribution in [2.45, 2.75) is 30.4 Å². The standard InChI is InChI=1S/C9H8F8O2/c1-4(6(18)19)2-5(11)8(14,15)9(16,17)7(12,13)3-10/h5H,1-3H2,(H,18,19). The second kappa shape index (κ2) is 5.33. The second-order valence-electron chi connectivity index (χ2n) is 3.62. The molecule has 19 heavy (non-hydrogen) atoms. The Hall–Kier alpha value is -1.35. The molecule has 0 amide bonds. The van der Waals surface area contributed by atoms with Gasteiger partial charge in [-0.15, -0.1) is 0 Å². The van der Waals surface area contributed by atoms with Crippen molar-refractivity contribution in [3.63, 3.8) is 0 Å². The maximum absolute atomic E-state index is 12.9. The van der Waals surface area contributed by atoms with E-state index in [4.69, 9.17) is 5.11 Å². The van der Waals surface area contributed by atoms with Gasteiger partial charge >= 0.3 is 23.7 Å². The fraction of sp³-hybridized carbons (Fsp3) is 0.667. The van der Waals surface area contributed by atoms with E-state index in [2.05, 4.69) is 6.58 Å². The van der Waals surface area contributed by atoms with Crippen molar-refractivity contribution in [1.82, 2.24) is 0 Å². The van der Waals surface area contributed by atoms with Crippen molar-refractivity contribution in [3.8, 4) is 0 Å². The quantitative estimate of drug-likeness (QED) is 0.579. The van der Waals surface area contributed by atoms with Crippen LogP contribution < -0.4 is 0 Å². The van der Waals surface area contributed by atoms with Gasteiger partial charge in [0.2, 0.25) is 0 Å². The average Bonchev–Trinajstić information content (AvgIpc) is 2.27. The van der Waals surface area contributed by atoms with Crippen LogP contribution in [0.25, 0.3) is 0 Å². The second-order valence-corrected chi connectivity index (χ2v) is 3.62. The first-order valence-corrected chi connectivity index (χ1v) is 4.55. The van der Waals surface area contributed by atoms with Crippen LogP contribution in [0.3, 0.4) is 0 Å². The van der Waals surface area contributed by atoms with Gasteiger partial charge in [-0.2, -0.15) is 26.3 Å². The molecule has 0 spiro atoms. The smallest absolute Gasteiger partial charge is 0.377 e. The van der Waals surface area contributed by atoms with E-state index in [-0.39, 0.29) is 0 Å². The summed E-state index contributed by atoms with van der Waals surface area (Å²) in [5.41, 5.74) is -1.22. The zero-order valence-electron chi connectivity index (χ0n) is 9.08. The molecule has 0 aliphatic rings. The molecule has 112 valence electrons. The van der Waals surface area contributed by atoms with Crippen LogP contribution in [0, 0.1) is 0 Å². The van der Waals surface area contributed by atoms with Crippen LogP contribution in [0.4, 0.5) is 35.1 Å². The lowest BCUT2D eigenvalue weighted by Gasteiger charge is -2.33. The summed E-state index contributed by atoms with van der Waals surface area (Å²) in [5.74, 6) is -20.0. The van der Waals surface area contributed by atoms with Crippen molar-refractivity contribution in [2.24, 2.45) is 0 Å². The average molecular weight is 300 g/mol. The molecule has 2 nitrogen and oxygen atoms in total. The summed E-state index contributed by atoms with van der Waals surface area (Å²) in [7, 11) is 0. The minimum Gasteiger partial charge on any atom is -0.478 e. The maximum Gasteiger partial charge on any atom is 0.377 e. The summed E-state index contributed by atoms with van der Waals surface area (Å²) >= 11 is 0. The fourth-order valence-electron chi connectivity index (χ4n) is 0.956. The molecule has 0 aliphatic carbocycles. The highest BCUT2D eigenvalue weighted by molar-refractivity contribution is 5.85. The van der Waals surface area contributed by atoms with E-state index in [1.54, 1.807) is 0 Å². The first kappa shape index (κ1) is 17.6. The minimum absolute atomic E-state index is 1.22. The Balaban J connectivity index is 5.25. The van der Waals surface area contributed by atoms with Gasteiger partial charge in [-0.3, -0.25) is 0 Å². The highest BCUT2D eigenvalue weighted by Crippen LogP contribution is 2.49. The molecule has 0 aromatic heterocycles. The number of carboxylic acids is 1. The Morgan fingerprint density at radius 3 is 1.89 bits per heavy atom. The molecule has 0 radical (unpaired) electrons. The minimum atomic E-state index is -6.31. The summed E-state index contributed by atoms with van der Waals surface area (Å²) in [6.07, 6.45) is -5.76. The topological polar surface area (TPSA) is 37.3 Å². The zero-order valence-corrected chi connectivity index (χ0v) is 9.08. The number of hydrogen-bond acceptors (Lipinski definition) is 1. The van der Waals surface area contributed by atoms with Crippen LogP contribution in [0.2, 0.25) is 0 Å². The van der Waals surface area contributed by atoms with Crippen LogP contribution in [0.1, 0.15) is 6.42 Å². The Morgan fingerprint density at radius 2 is 1.58 bits per heavy atom. The van der Waals surface area contributed by atoms with Gasteiger partial charge in [-0.1, -0.05) is 6.58 Å². The van der Waals surface area contributed by atoms with Crippen molar-refractivity contribution in [3.05, 3.63) is 12.2 Å². The molecular weight excluding hydrogens is 292 g/mol. The van der Waals surface area contributed by atoms with Crippen molar-refractivity contribution in [1.29, 1.82) is 0 Å². The first-order valence-electron chi connectivity index (χ1n) is 4.55. The van der Waals surface area contributed by atoms with Crippen molar-refractivity contribution < 1.29 is 45.0 Å². The van der Waals surface area contributed by atoms with E-state index in [0.29, 0.717) is 0 Å². The number of carboxylic acid groups (broad SMARTS) is 1. The molecule has 1 atom stereocenters. The maximum atomic E-state index is 12.9. The Kier molecular flexibility index (Phi) is 4.96. The molecule has 0 saturated carbocycles. The molecule has 0 bridgehead atoms. The fourth-order valence-corrected chi connectivity index (χ4v) is 0.956. The van der Waals surface area contributed by atoms with Gasteiger partial charge < -0.3 is 5.11 Å². The largest absolute Gasteiger partial charge is 0.478 e. The van der Waals surface area contributed by atoms with Crippen LogP contribution in [0.5, 0.6) is 0 Å². The Morgan fingerprint density at radius 1 is 1.16 bits per heavy atom. The zero-order chi connectivity index (χ0) is 15.6. The summed E-state index contributed by atoms with van der Waals surface area (Å²) in [4.78, 5) is 10.2. The highest BCUT2D eigenvalue weighted by atomic mass is 19.4.